The molecule has 0 atom stereocenters. The third kappa shape index (κ3) is 5.56. The van der Waals surface area contributed by atoms with Crippen LogP contribution in [-0.2, 0) is 25.9 Å². The first-order valence-electron chi connectivity index (χ1n) is 12.0. The van der Waals surface area contributed by atoms with Gasteiger partial charge < -0.3 is 19.5 Å². The minimum absolute atomic E-state index is 0. The van der Waals surface area contributed by atoms with Crippen LogP contribution in [0, 0.1) is 0 Å². The molecule has 9 heteroatoms. The lowest BCUT2D eigenvalue weighted by atomic mass is 10.0. The highest BCUT2D eigenvalue weighted by Gasteiger charge is 2.20. The Labute approximate surface area is 206 Å². The molecule has 1 fully saturated rings. The van der Waals surface area contributed by atoms with Crippen LogP contribution in [0.15, 0.2) is 35.4 Å². The largest absolute Gasteiger partial charge is 0.495 e. The summed E-state index contributed by atoms with van der Waals surface area (Å²) in [6.07, 6.45) is 10.4. The first-order valence-corrected chi connectivity index (χ1v) is 12.0. The number of piperidine rings is 1. The molecule has 4 heterocycles. The number of ether oxygens (including phenoxy) is 1. The van der Waals surface area contributed by atoms with Gasteiger partial charge in [0.05, 0.1) is 47.6 Å². The van der Waals surface area contributed by atoms with Gasteiger partial charge in [0.15, 0.2) is 0 Å². The van der Waals surface area contributed by atoms with E-state index in [0.29, 0.717) is 18.3 Å². The first-order chi connectivity index (χ1) is 16.2. The van der Waals surface area contributed by atoms with E-state index in [1.807, 2.05) is 16.8 Å². The predicted molar refractivity (Wildman–Crippen MR) is 135 cm³/mol. The average molecular weight is 485 g/mol. The first kappa shape index (κ1) is 24.6. The van der Waals surface area contributed by atoms with Gasteiger partial charge in [0.25, 0.3) is 5.56 Å². The number of pyridine rings is 2. The molecule has 3 aromatic rings. The second kappa shape index (κ2) is 11.3. The number of rotatable bonds is 7. The maximum Gasteiger partial charge on any atom is 0.251 e. The second-order valence-electron chi connectivity index (χ2n) is 9.06. The molecule has 1 saturated heterocycles. The van der Waals surface area contributed by atoms with Crippen LogP contribution in [-0.4, -0.2) is 57.2 Å². The number of nitrogens with one attached hydrogen (secondary N) is 1. The van der Waals surface area contributed by atoms with Crippen molar-refractivity contribution < 1.29 is 4.74 Å². The van der Waals surface area contributed by atoms with Crippen LogP contribution in [0.4, 0.5) is 0 Å². The van der Waals surface area contributed by atoms with Crippen LogP contribution in [0.5, 0.6) is 5.75 Å². The van der Waals surface area contributed by atoms with Crippen LogP contribution in [0.3, 0.4) is 0 Å². The van der Waals surface area contributed by atoms with Crippen molar-refractivity contribution in [2.45, 2.75) is 57.7 Å². The summed E-state index contributed by atoms with van der Waals surface area (Å²) in [5.74, 6) is 0.664. The molecule has 8 nitrogen and oxygen atoms in total. The normalized spacial score (nSPS) is 16.7. The van der Waals surface area contributed by atoms with Gasteiger partial charge >= 0.3 is 0 Å². The Morgan fingerprint density at radius 2 is 1.85 bits per heavy atom. The number of hydrogen-bond donors (Lipinski definition) is 1. The minimum Gasteiger partial charge on any atom is -0.495 e. The van der Waals surface area contributed by atoms with E-state index in [0.717, 1.165) is 68.6 Å². The quantitative estimate of drug-likeness (QED) is 0.552. The molecule has 1 aliphatic heterocycles. The Hall–Kier alpha value is -2.55. The summed E-state index contributed by atoms with van der Waals surface area (Å²) in [5, 5.41) is 3.68. The number of hydrogen-bond acceptors (Lipinski definition) is 7. The minimum atomic E-state index is 0. The fraction of sp³-hybridized carbons (Fsp3) is 0.520. The Balaban J connectivity index is 0.00000274. The van der Waals surface area contributed by atoms with Gasteiger partial charge in [-0.1, -0.05) is 0 Å². The fourth-order valence-corrected chi connectivity index (χ4v) is 4.91. The average Bonchev–Trinajstić information content (AvgIpc) is 2.87. The number of halogens is 1. The molecule has 5 rings (SSSR count). The maximum atomic E-state index is 12.5. The van der Waals surface area contributed by atoms with Gasteiger partial charge in [0, 0.05) is 37.8 Å². The molecule has 0 aromatic carbocycles. The van der Waals surface area contributed by atoms with Gasteiger partial charge in [-0.25, -0.2) is 0 Å². The van der Waals surface area contributed by atoms with Crippen LogP contribution in [0.2, 0.25) is 0 Å². The van der Waals surface area contributed by atoms with E-state index in [1.165, 1.54) is 24.2 Å². The van der Waals surface area contributed by atoms with Crippen molar-refractivity contribution in [3.63, 3.8) is 0 Å². The molecule has 182 valence electrons. The molecular formula is C25H33ClN6O2. The SMILES string of the molecule is COc1cnc2ccc(=O)n(CCN3CCC(NCc4cnc5c(n4)CCCC5)CC3)c2c1.Cl. The van der Waals surface area contributed by atoms with Crippen molar-refractivity contribution in [3.8, 4) is 5.75 Å². The summed E-state index contributed by atoms with van der Waals surface area (Å²) in [4.78, 5) is 28.8. The Bertz CT molecular complexity index is 1180. The third-order valence-corrected chi connectivity index (χ3v) is 6.91. The molecule has 0 radical (unpaired) electrons. The summed E-state index contributed by atoms with van der Waals surface area (Å²) in [7, 11) is 1.62. The van der Waals surface area contributed by atoms with Crippen molar-refractivity contribution in [3.05, 3.63) is 58.0 Å². The number of fused-ring (bicyclic) bond motifs is 2. The summed E-state index contributed by atoms with van der Waals surface area (Å²) in [6, 6.07) is 5.76. The Morgan fingerprint density at radius 3 is 2.65 bits per heavy atom. The Morgan fingerprint density at radius 1 is 1.06 bits per heavy atom. The van der Waals surface area contributed by atoms with E-state index < -0.39 is 0 Å². The number of nitrogens with zero attached hydrogens (tertiary/aromatic N) is 5. The standard InChI is InChI=1S/C25H32N6O2.ClH/c1-33-20-14-24-23(28-17-20)6-7-25(32)31(24)13-12-30-10-8-18(9-11-30)26-15-19-16-27-21-4-2-3-5-22(21)29-19;/h6-7,14,16-18,26H,2-5,8-13,15H2,1H3;1H. The molecule has 34 heavy (non-hydrogen) atoms. The fourth-order valence-electron chi connectivity index (χ4n) is 4.91. The summed E-state index contributed by atoms with van der Waals surface area (Å²) < 4.78 is 7.11. The van der Waals surface area contributed by atoms with E-state index in [2.05, 4.69) is 20.2 Å². The van der Waals surface area contributed by atoms with Crippen molar-refractivity contribution in [2.75, 3.05) is 26.7 Å². The molecule has 0 unspecified atom stereocenters. The van der Waals surface area contributed by atoms with Crippen molar-refractivity contribution >= 4 is 23.4 Å². The second-order valence-corrected chi connectivity index (χ2v) is 9.06. The Kier molecular flexibility index (Phi) is 8.13. The van der Waals surface area contributed by atoms with Gasteiger partial charge in [0.1, 0.15) is 5.75 Å². The van der Waals surface area contributed by atoms with Crippen molar-refractivity contribution in [1.29, 1.82) is 0 Å². The zero-order valence-corrected chi connectivity index (χ0v) is 20.5. The monoisotopic (exact) mass is 484 g/mol. The molecule has 0 bridgehead atoms. The van der Waals surface area contributed by atoms with Gasteiger partial charge in [-0.15, -0.1) is 12.4 Å². The number of aromatic nitrogens is 4. The molecule has 0 spiro atoms. The maximum absolute atomic E-state index is 12.5. The van der Waals surface area contributed by atoms with Crippen LogP contribution < -0.4 is 15.6 Å². The van der Waals surface area contributed by atoms with E-state index in [1.54, 1.807) is 25.4 Å². The zero-order valence-electron chi connectivity index (χ0n) is 19.7. The summed E-state index contributed by atoms with van der Waals surface area (Å²) in [6.45, 7) is 4.32. The zero-order chi connectivity index (χ0) is 22.6. The topological polar surface area (TPSA) is 85.2 Å². The van der Waals surface area contributed by atoms with E-state index in [9.17, 15) is 4.79 Å². The predicted octanol–water partition coefficient (Wildman–Crippen LogP) is 2.75. The number of aryl methyl sites for hydroxylation is 2. The van der Waals surface area contributed by atoms with Gasteiger partial charge in [-0.05, 0) is 57.7 Å². The molecule has 2 aliphatic rings. The molecule has 0 saturated carbocycles. The van der Waals surface area contributed by atoms with Crippen LogP contribution in [0.25, 0.3) is 11.0 Å². The van der Waals surface area contributed by atoms with E-state index >= 15 is 0 Å². The highest BCUT2D eigenvalue weighted by Crippen LogP contribution is 2.19. The van der Waals surface area contributed by atoms with Gasteiger partial charge in [0.2, 0.25) is 0 Å². The van der Waals surface area contributed by atoms with E-state index in [-0.39, 0.29) is 18.0 Å². The highest BCUT2D eigenvalue weighted by molar-refractivity contribution is 5.85. The molecule has 1 N–H and O–H groups in total. The van der Waals surface area contributed by atoms with Crippen molar-refractivity contribution in [1.82, 2.24) is 29.7 Å². The van der Waals surface area contributed by atoms with Gasteiger partial charge in [-0.2, -0.15) is 0 Å². The lowest BCUT2D eigenvalue weighted by Gasteiger charge is -2.32. The molecule has 1 aliphatic carbocycles. The lowest BCUT2D eigenvalue weighted by molar-refractivity contribution is 0.191. The molecule has 0 amide bonds. The number of methoxy groups -OCH3 is 1. The van der Waals surface area contributed by atoms with Crippen molar-refractivity contribution in [2.24, 2.45) is 0 Å². The third-order valence-electron chi connectivity index (χ3n) is 6.91. The van der Waals surface area contributed by atoms with Crippen LogP contribution in [0.1, 0.15) is 42.8 Å². The van der Waals surface area contributed by atoms with Crippen LogP contribution >= 0.6 is 12.4 Å². The number of likely N-dealkylation sites (tertiary alicyclic amines) is 1. The smallest absolute Gasteiger partial charge is 0.251 e. The summed E-state index contributed by atoms with van der Waals surface area (Å²) in [5.41, 5.74) is 5.08. The highest BCUT2D eigenvalue weighted by atomic mass is 35.5. The molecule has 3 aromatic heterocycles. The van der Waals surface area contributed by atoms with E-state index in [4.69, 9.17) is 9.72 Å². The lowest BCUT2D eigenvalue weighted by Crippen LogP contribution is -2.43. The summed E-state index contributed by atoms with van der Waals surface area (Å²) >= 11 is 0. The molecular weight excluding hydrogens is 452 g/mol. The van der Waals surface area contributed by atoms with Gasteiger partial charge in [-0.3, -0.25) is 19.7 Å².